The number of amides is 1. The molecule has 0 bridgehead atoms. The molecule has 53 heavy (non-hydrogen) atoms. The number of dihydropyridines is 1. The number of carbonyl (C=O) groups is 3. The number of nitro groups is 1. The minimum atomic E-state index is -1.34. The highest BCUT2D eigenvalue weighted by atomic mass is 35.5. The van der Waals surface area contributed by atoms with Crippen LogP contribution in [0.3, 0.4) is 0 Å². The van der Waals surface area contributed by atoms with Crippen molar-refractivity contribution >= 4 is 35.9 Å². The second-order valence-corrected chi connectivity index (χ2v) is 12.8. The number of aliphatic hydroxyl groups is 1. The van der Waals surface area contributed by atoms with Gasteiger partial charge in [0.1, 0.15) is 12.7 Å². The number of β-amino-alcohol motifs (C(OH)–C–C–N with tert-alkyl or cyclic N) is 1. The summed E-state index contributed by atoms with van der Waals surface area (Å²) < 4.78 is 16.5. The standard InChI is InChI=1S/C38H44N4O10.ClH/c1-6-51-37(47)34-29(40-24(2)32(36(45)46)33(34)26-15-12-16-27(19-26)42(48)49)21-41(35(44)25-13-8-7-9-14-25)23-38(3,4)39-20-28(43)22-52-31-18-11-10-17-30(31)50-5;/h7-19,28,33,39-40,43H,6,20-23H2,1-5H3,(H,45,46);1H. The number of esters is 1. The average Bonchev–Trinajstić information content (AvgIpc) is 3.12. The van der Waals surface area contributed by atoms with Crippen LogP contribution in [-0.2, 0) is 14.3 Å². The van der Waals surface area contributed by atoms with E-state index < -0.39 is 34.4 Å². The molecule has 15 heteroatoms. The molecule has 14 nitrogen and oxygen atoms in total. The van der Waals surface area contributed by atoms with Crippen molar-refractivity contribution in [1.82, 2.24) is 15.5 Å². The summed E-state index contributed by atoms with van der Waals surface area (Å²) in [6.45, 7) is 6.73. The Balaban J connectivity index is 0.00000756. The number of carbonyl (C=O) groups excluding carboxylic acids is 2. The number of carboxylic acid groups (broad SMARTS) is 1. The van der Waals surface area contributed by atoms with Gasteiger partial charge in [-0.3, -0.25) is 14.9 Å². The van der Waals surface area contributed by atoms with Crippen molar-refractivity contribution in [1.29, 1.82) is 0 Å². The van der Waals surface area contributed by atoms with Gasteiger partial charge in [0.2, 0.25) is 0 Å². The van der Waals surface area contributed by atoms with E-state index in [1.165, 1.54) is 43.2 Å². The third kappa shape index (κ3) is 10.8. The maximum Gasteiger partial charge on any atom is 0.336 e. The van der Waals surface area contributed by atoms with Crippen molar-refractivity contribution < 1.29 is 43.7 Å². The summed E-state index contributed by atoms with van der Waals surface area (Å²) >= 11 is 0. The first kappa shape index (κ1) is 42.0. The third-order valence-electron chi connectivity index (χ3n) is 8.34. The lowest BCUT2D eigenvalue weighted by atomic mass is 9.80. The number of halogens is 1. The fraction of sp³-hybridized carbons (Fsp3) is 0.342. The number of nitro benzene ring substituents is 1. The zero-order valence-electron chi connectivity index (χ0n) is 30.2. The molecule has 2 atom stereocenters. The molecule has 0 aromatic heterocycles. The SMILES string of the molecule is CCOC(=O)C1=C(CN(CC(C)(C)NCC(O)COc2ccccc2OC)C(=O)c2ccccc2)NC(C)=C(C(=O)O)C1c1cccc([N+](=O)[O-])c1.Cl. The molecule has 4 N–H and O–H groups in total. The van der Waals surface area contributed by atoms with E-state index in [1.54, 1.807) is 61.5 Å². The zero-order chi connectivity index (χ0) is 38.0. The van der Waals surface area contributed by atoms with Crippen LogP contribution in [0.15, 0.2) is 101 Å². The lowest BCUT2D eigenvalue weighted by Gasteiger charge is -2.37. The van der Waals surface area contributed by atoms with Crippen LogP contribution >= 0.6 is 12.4 Å². The number of methoxy groups -OCH3 is 1. The predicted octanol–water partition coefficient (Wildman–Crippen LogP) is 4.84. The normalized spacial score (nSPS) is 14.7. The number of aliphatic carboxylic acids is 1. The Kier molecular flexibility index (Phi) is 14.9. The Labute approximate surface area is 314 Å². The number of non-ortho nitro benzene ring substituents is 1. The van der Waals surface area contributed by atoms with Crippen LogP contribution < -0.4 is 20.1 Å². The van der Waals surface area contributed by atoms with E-state index in [9.17, 15) is 34.7 Å². The Hall–Kier alpha value is -5.44. The lowest BCUT2D eigenvalue weighted by Crippen LogP contribution is -2.54. The van der Waals surface area contributed by atoms with Crippen molar-refractivity contribution in [3.05, 3.63) is 123 Å². The highest BCUT2D eigenvalue weighted by Gasteiger charge is 2.40. The summed E-state index contributed by atoms with van der Waals surface area (Å²) in [5, 5.41) is 39.2. The Morgan fingerprint density at radius 1 is 1.02 bits per heavy atom. The van der Waals surface area contributed by atoms with E-state index in [4.69, 9.17) is 14.2 Å². The largest absolute Gasteiger partial charge is 0.493 e. The van der Waals surface area contributed by atoms with Gasteiger partial charge in [-0.05, 0) is 57.5 Å². The van der Waals surface area contributed by atoms with Crippen LogP contribution in [-0.4, -0.2) is 89.5 Å². The van der Waals surface area contributed by atoms with E-state index in [1.807, 2.05) is 13.8 Å². The fourth-order valence-electron chi connectivity index (χ4n) is 5.97. The quantitative estimate of drug-likeness (QED) is 0.0836. The van der Waals surface area contributed by atoms with Gasteiger partial charge in [0, 0.05) is 47.7 Å². The highest BCUT2D eigenvalue weighted by molar-refractivity contribution is 6.00. The molecule has 0 aliphatic carbocycles. The molecule has 4 rings (SSSR count). The molecule has 3 aromatic carbocycles. The number of rotatable bonds is 17. The van der Waals surface area contributed by atoms with E-state index in [-0.39, 0.29) is 85.0 Å². The third-order valence-corrected chi connectivity index (χ3v) is 8.34. The van der Waals surface area contributed by atoms with Crippen LogP contribution in [0.5, 0.6) is 11.5 Å². The van der Waals surface area contributed by atoms with Crippen molar-refractivity contribution in [2.75, 3.05) is 40.0 Å². The monoisotopic (exact) mass is 752 g/mol. The number of nitrogens with zero attached hydrogens (tertiary/aromatic N) is 2. The minimum Gasteiger partial charge on any atom is -0.493 e. The van der Waals surface area contributed by atoms with Gasteiger partial charge in [-0.2, -0.15) is 0 Å². The molecule has 0 fully saturated rings. The number of para-hydroxylation sites is 2. The Morgan fingerprint density at radius 3 is 2.30 bits per heavy atom. The topological polar surface area (TPSA) is 190 Å². The number of benzene rings is 3. The summed E-state index contributed by atoms with van der Waals surface area (Å²) in [5.74, 6) is -2.81. The van der Waals surface area contributed by atoms with E-state index in [2.05, 4.69) is 10.6 Å². The van der Waals surface area contributed by atoms with Crippen LogP contribution in [0.4, 0.5) is 5.69 Å². The Morgan fingerprint density at radius 2 is 1.68 bits per heavy atom. The molecule has 2 unspecified atom stereocenters. The molecular formula is C38H45ClN4O10. The molecule has 0 radical (unpaired) electrons. The summed E-state index contributed by atoms with van der Waals surface area (Å²) in [4.78, 5) is 53.2. The van der Waals surface area contributed by atoms with Gasteiger partial charge >= 0.3 is 11.9 Å². The van der Waals surface area contributed by atoms with Gasteiger partial charge in [-0.15, -0.1) is 12.4 Å². The first-order valence-corrected chi connectivity index (χ1v) is 16.6. The van der Waals surface area contributed by atoms with Crippen LogP contribution in [0.1, 0.15) is 49.5 Å². The van der Waals surface area contributed by atoms with Gasteiger partial charge in [0.25, 0.3) is 11.6 Å². The summed E-state index contributed by atoms with van der Waals surface area (Å²) in [6, 6.07) is 21.0. The molecule has 1 aliphatic rings. The van der Waals surface area contributed by atoms with Gasteiger partial charge in [0.05, 0.1) is 42.2 Å². The van der Waals surface area contributed by atoms with E-state index >= 15 is 0 Å². The molecular weight excluding hydrogens is 708 g/mol. The second kappa shape index (κ2) is 18.9. The number of carboxylic acids is 1. The van der Waals surface area contributed by atoms with Crippen molar-refractivity contribution in [2.45, 2.75) is 45.3 Å². The van der Waals surface area contributed by atoms with Crippen molar-refractivity contribution in [3.8, 4) is 11.5 Å². The maximum atomic E-state index is 14.2. The van der Waals surface area contributed by atoms with E-state index in [0.717, 1.165) is 0 Å². The average molecular weight is 753 g/mol. The van der Waals surface area contributed by atoms with Crippen LogP contribution in [0.2, 0.25) is 0 Å². The molecule has 3 aromatic rings. The van der Waals surface area contributed by atoms with Gasteiger partial charge < -0.3 is 40.0 Å². The predicted molar refractivity (Wildman–Crippen MR) is 199 cm³/mol. The Bertz CT molecular complexity index is 1850. The second-order valence-electron chi connectivity index (χ2n) is 12.8. The molecule has 1 aliphatic heterocycles. The first-order chi connectivity index (χ1) is 24.8. The molecule has 0 saturated carbocycles. The number of hydrogen-bond acceptors (Lipinski definition) is 11. The van der Waals surface area contributed by atoms with Crippen LogP contribution in [0.25, 0.3) is 0 Å². The first-order valence-electron chi connectivity index (χ1n) is 16.6. The van der Waals surface area contributed by atoms with E-state index in [0.29, 0.717) is 17.1 Å². The summed E-state index contributed by atoms with van der Waals surface area (Å²) in [7, 11) is 1.52. The molecule has 0 saturated heterocycles. The number of allylic oxidation sites excluding steroid dienone is 1. The minimum absolute atomic E-state index is 0. The number of nitrogens with one attached hydrogen (secondary N) is 2. The molecule has 1 heterocycles. The molecule has 0 spiro atoms. The summed E-state index contributed by atoms with van der Waals surface area (Å²) in [6.07, 6.45) is -0.932. The van der Waals surface area contributed by atoms with Gasteiger partial charge in [0.15, 0.2) is 11.5 Å². The van der Waals surface area contributed by atoms with Gasteiger partial charge in [-0.1, -0.05) is 42.5 Å². The number of ether oxygens (including phenoxy) is 3. The van der Waals surface area contributed by atoms with Gasteiger partial charge in [-0.25, -0.2) is 9.59 Å². The summed E-state index contributed by atoms with van der Waals surface area (Å²) in [5.41, 5.74) is -0.437. The van der Waals surface area contributed by atoms with Crippen LogP contribution in [0, 0.1) is 10.1 Å². The lowest BCUT2D eigenvalue weighted by molar-refractivity contribution is -0.384. The smallest absolute Gasteiger partial charge is 0.336 e. The van der Waals surface area contributed by atoms with Crippen molar-refractivity contribution in [3.63, 3.8) is 0 Å². The molecule has 1 amide bonds. The zero-order valence-corrected chi connectivity index (χ0v) is 31.0. The van der Waals surface area contributed by atoms with Crippen molar-refractivity contribution in [2.24, 2.45) is 0 Å². The maximum absolute atomic E-state index is 14.2. The highest BCUT2D eigenvalue weighted by Crippen LogP contribution is 2.40. The fourth-order valence-corrected chi connectivity index (χ4v) is 5.97. The molecule has 284 valence electrons. The number of hydrogen-bond donors (Lipinski definition) is 4. The number of aliphatic hydroxyl groups excluding tert-OH is 1.